The first-order valence-corrected chi connectivity index (χ1v) is 18.8. The van der Waals surface area contributed by atoms with Crippen LogP contribution in [0.1, 0.15) is 63.0 Å². The number of benzene rings is 1. The number of carbonyl (C=O) groups excluding carboxylic acids is 3. The molecule has 2 aromatic heterocycles. The number of hydrogen-bond acceptors (Lipinski definition) is 13. The molecular weight excluding hydrogens is 691 g/mol. The molecule has 17 heteroatoms. The molecule has 52 heavy (non-hydrogen) atoms. The Balaban J connectivity index is 1.12. The maximum Gasteiger partial charge on any atom is 0.321 e. The van der Waals surface area contributed by atoms with Crippen LogP contribution in [0, 0.1) is 11.8 Å². The number of rotatable bonds is 18. The lowest BCUT2D eigenvalue weighted by Crippen LogP contribution is -2.39. The number of anilines is 2. The molecule has 7 N–H and O–H groups in total. The number of carboxylic acid groups (broad SMARTS) is 1. The number of aromatic nitrogens is 4. The zero-order valence-corrected chi connectivity index (χ0v) is 30.7. The first-order chi connectivity index (χ1) is 25.0. The lowest BCUT2D eigenvalue weighted by molar-refractivity contribution is -0.140. The molecular formula is C35H49N9O7S. The van der Waals surface area contributed by atoms with Crippen LogP contribution in [0.2, 0.25) is 0 Å². The van der Waals surface area contributed by atoms with E-state index >= 15 is 0 Å². The van der Waals surface area contributed by atoms with Crippen molar-refractivity contribution in [3.63, 3.8) is 0 Å². The number of nitrogens with one attached hydrogen (secondary N) is 2. The summed E-state index contributed by atoms with van der Waals surface area (Å²) in [6.07, 6.45) is 7.28. The predicted molar refractivity (Wildman–Crippen MR) is 197 cm³/mol. The molecule has 3 heterocycles. The highest BCUT2D eigenvalue weighted by Gasteiger charge is 2.41. The van der Waals surface area contributed by atoms with Crippen molar-refractivity contribution in [3.8, 4) is 11.5 Å². The molecule has 16 nitrogen and oxygen atoms in total. The first kappa shape index (κ1) is 38.6. The molecule has 1 aliphatic carbocycles. The van der Waals surface area contributed by atoms with Crippen molar-refractivity contribution in [2.45, 2.75) is 76.1 Å². The number of carboxylic acids is 1. The summed E-state index contributed by atoms with van der Waals surface area (Å²) in [7, 11) is 3.21. The van der Waals surface area contributed by atoms with Crippen LogP contribution in [-0.4, -0.2) is 104 Å². The molecule has 2 fully saturated rings. The minimum Gasteiger partial charge on any atom is -0.496 e. The Labute approximate surface area is 306 Å². The van der Waals surface area contributed by atoms with Crippen LogP contribution in [0.15, 0.2) is 18.3 Å². The number of methoxy groups -OCH3 is 2. The van der Waals surface area contributed by atoms with E-state index in [0.717, 1.165) is 55.1 Å². The van der Waals surface area contributed by atoms with Crippen LogP contribution in [0.3, 0.4) is 0 Å². The lowest BCUT2D eigenvalue weighted by Gasteiger charge is -2.30. The monoisotopic (exact) mass is 739 g/mol. The van der Waals surface area contributed by atoms with Crippen molar-refractivity contribution in [2.24, 2.45) is 17.6 Å². The summed E-state index contributed by atoms with van der Waals surface area (Å²) in [5.74, 6) is 0.411. The molecule has 2 atom stereocenters. The number of thioether (sulfide) groups is 1. The molecule has 1 saturated carbocycles. The number of fused-ring (bicyclic) bond motifs is 1. The first-order valence-electron chi connectivity index (χ1n) is 17.7. The number of likely N-dealkylation sites (tertiary alicyclic amines) is 1. The van der Waals surface area contributed by atoms with E-state index in [0.29, 0.717) is 67.2 Å². The van der Waals surface area contributed by atoms with Crippen molar-refractivity contribution < 1.29 is 33.8 Å². The summed E-state index contributed by atoms with van der Waals surface area (Å²) in [6.45, 7) is 3.99. The number of ether oxygens (including phenoxy) is 2. The number of amides is 3. The molecule has 5 rings (SSSR count). The quantitative estimate of drug-likeness (QED) is 0.0933. The van der Waals surface area contributed by atoms with Gasteiger partial charge in [-0.3, -0.25) is 28.8 Å². The third-order valence-electron chi connectivity index (χ3n) is 9.61. The van der Waals surface area contributed by atoms with Gasteiger partial charge in [-0.25, -0.2) is 4.98 Å². The second-order valence-electron chi connectivity index (χ2n) is 13.3. The van der Waals surface area contributed by atoms with E-state index in [4.69, 9.17) is 31.1 Å². The number of nitrogen functional groups attached to an aromatic ring is 1. The Bertz CT molecular complexity index is 1740. The van der Waals surface area contributed by atoms with E-state index in [1.54, 1.807) is 18.9 Å². The van der Waals surface area contributed by atoms with Gasteiger partial charge in [0.15, 0.2) is 11.3 Å². The molecule has 1 aromatic carbocycles. The topological polar surface area (TPSA) is 230 Å². The number of carbonyl (C=O) groups is 4. The molecule has 1 unspecified atom stereocenters. The molecule has 1 aliphatic heterocycles. The van der Waals surface area contributed by atoms with Crippen LogP contribution < -0.4 is 31.6 Å². The smallest absolute Gasteiger partial charge is 0.321 e. The van der Waals surface area contributed by atoms with Gasteiger partial charge in [0.1, 0.15) is 23.1 Å². The minimum absolute atomic E-state index is 0.00778. The standard InChI is InChI=1S/C35H49N9O7S/c1-4-5-11-38-31-30-25(40-35(37)41-31)18-43(42-30)17-23-26(50-2)13-21(14-27(23)51-3)10-12-39-32(46)22-8-6-20(7-9-22)16-44-29(45)15-28(33(44)47)52-19-24(36)34(48)49/h13-14,18,20,22,24,28H,4-12,15-17,19,36H2,1-3H3,(H,39,46)(H,48,49)(H3,37,38,40,41)/t20?,22?,24-,28?/m1/s1. The minimum atomic E-state index is -1.14. The average molecular weight is 740 g/mol. The van der Waals surface area contributed by atoms with Crippen LogP contribution in [0.4, 0.5) is 11.8 Å². The zero-order valence-electron chi connectivity index (χ0n) is 29.9. The van der Waals surface area contributed by atoms with Gasteiger partial charge < -0.3 is 36.7 Å². The molecule has 2 aliphatic rings. The summed E-state index contributed by atoms with van der Waals surface area (Å²) in [4.78, 5) is 59.5. The van der Waals surface area contributed by atoms with Crippen molar-refractivity contribution in [1.29, 1.82) is 0 Å². The van der Waals surface area contributed by atoms with Crippen molar-refractivity contribution in [3.05, 3.63) is 29.5 Å². The molecule has 1 saturated heterocycles. The molecule has 3 amide bonds. The maximum absolute atomic E-state index is 13.1. The predicted octanol–water partition coefficient (Wildman–Crippen LogP) is 2.42. The zero-order chi connectivity index (χ0) is 37.4. The van der Waals surface area contributed by atoms with Crippen molar-refractivity contribution >= 4 is 58.3 Å². The van der Waals surface area contributed by atoms with E-state index < -0.39 is 17.3 Å². The number of aliphatic carboxylic acids is 1. The largest absolute Gasteiger partial charge is 0.496 e. The van der Waals surface area contributed by atoms with E-state index in [2.05, 4.69) is 27.5 Å². The second kappa shape index (κ2) is 17.7. The van der Waals surface area contributed by atoms with Crippen LogP contribution in [0.25, 0.3) is 11.0 Å². The van der Waals surface area contributed by atoms with Crippen LogP contribution in [-0.2, 0) is 32.1 Å². The van der Waals surface area contributed by atoms with Gasteiger partial charge in [-0.1, -0.05) is 13.3 Å². The summed E-state index contributed by atoms with van der Waals surface area (Å²) in [5, 5.41) is 19.5. The summed E-state index contributed by atoms with van der Waals surface area (Å²) in [5.41, 5.74) is 14.5. The third-order valence-corrected chi connectivity index (χ3v) is 10.9. The Hall–Kier alpha value is -4.64. The number of imide groups is 1. The summed E-state index contributed by atoms with van der Waals surface area (Å²) >= 11 is 1.12. The van der Waals surface area contributed by atoms with Crippen molar-refractivity contribution in [2.75, 3.05) is 50.7 Å². The lowest BCUT2D eigenvalue weighted by atomic mass is 9.81. The highest BCUT2D eigenvalue weighted by atomic mass is 32.2. The van der Waals surface area contributed by atoms with Gasteiger partial charge in [-0.05, 0) is 62.1 Å². The Morgan fingerprint density at radius 1 is 1.10 bits per heavy atom. The maximum atomic E-state index is 13.1. The molecule has 282 valence electrons. The van der Waals surface area contributed by atoms with Gasteiger partial charge >= 0.3 is 5.97 Å². The van der Waals surface area contributed by atoms with Gasteiger partial charge in [-0.15, -0.1) is 11.8 Å². The summed E-state index contributed by atoms with van der Waals surface area (Å²) in [6, 6.07) is 2.80. The Kier molecular flexibility index (Phi) is 13.2. The van der Waals surface area contributed by atoms with E-state index in [1.807, 2.05) is 18.3 Å². The molecule has 0 bridgehead atoms. The van der Waals surface area contributed by atoms with Gasteiger partial charge in [0, 0.05) is 37.7 Å². The number of nitrogens with two attached hydrogens (primary N) is 2. The van der Waals surface area contributed by atoms with Gasteiger partial charge in [-0.2, -0.15) is 10.1 Å². The SMILES string of the molecule is CCCCNc1nc(N)nc2cn(Cc3c(OC)cc(CCNC(=O)C4CCC(CN5C(=O)CC(SC[C@@H](N)C(=O)O)C5=O)CC4)cc3OC)nc12. The number of unbranched alkanes of at least 4 members (excludes halogenated alkanes) is 1. The number of nitrogens with zero attached hydrogens (tertiary/aromatic N) is 5. The van der Waals surface area contributed by atoms with Crippen molar-refractivity contribution in [1.82, 2.24) is 30.0 Å². The molecule has 0 radical (unpaired) electrons. The van der Waals surface area contributed by atoms with Gasteiger partial charge in [0.05, 0.1) is 37.8 Å². The Morgan fingerprint density at radius 2 is 1.81 bits per heavy atom. The average Bonchev–Trinajstić information content (AvgIpc) is 3.66. The number of hydrogen-bond donors (Lipinski definition) is 5. The molecule has 3 aromatic rings. The highest BCUT2D eigenvalue weighted by molar-refractivity contribution is 8.00. The van der Waals surface area contributed by atoms with Crippen LogP contribution in [0.5, 0.6) is 11.5 Å². The second-order valence-corrected chi connectivity index (χ2v) is 14.6. The molecule has 0 spiro atoms. The van der Waals surface area contributed by atoms with E-state index in [1.165, 1.54) is 4.90 Å². The highest BCUT2D eigenvalue weighted by Crippen LogP contribution is 2.34. The van der Waals surface area contributed by atoms with E-state index in [9.17, 15) is 19.2 Å². The normalized spacial score (nSPS) is 19.5. The van der Waals surface area contributed by atoms with E-state index in [-0.39, 0.29) is 47.7 Å². The Morgan fingerprint density at radius 3 is 2.46 bits per heavy atom. The summed E-state index contributed by atoms with van der Waals surface area (Å²) < 4.78 is 13.3. The fourth-order valence-corrected chi connectivity index (χ4v) is 7.78. The van der Waals surface area contributed by atoms with Gasteiger partial charge in [0.2, 0.25) is 23.7 Å². The third kappa shape index (κ3) is 9.42. The van der Waals surface area contributed by atoms with Crippen LogP contribution >= 0.6 is 11.8 Å². The fourth-order valence-electron chi connectivity index (χ4n) is 6.67. The van der Waals surface area contributed by atoms with Gasteiger partial charge in [0.25, 0.3) is 0 Å². The fraction of sp³-hybridized carbons (Fsp3) is 0.571.